The number of nitrogens with zero attached hydrogens (tertiary/aromatic N) is 4. The Labute approximate surface area is 121 Å². The quantitative estimate of drug-likeness (QED) is 0.516. The zero-order valence-corrected chi connectivity index (χ0v) is 11.0. The Kier molecular flexibility index (Phi) is 4.75. The van der Waals surface area contributed by atoms with E-state index in [9.17, 15) is 18.3 Å². The van der Waals surface area contributed by atoms with Crippen LogP contribution in [0.15, 0.2) is 12.7 Å². The van der Waals surface area contributed by atoms with Crippen LogP contribution >= 0.6 is 0 Å². The molecule has 2 atom stereocenters. The average Bonchev–Trinajstić information content (AvgIpc) is 2.87. The van der Waals surface area contributed by atoms with Crippen molar-refractivity contribution in [3.63, 3.8) is 0 Å². The number of alkyl halides is 3. The van der Waals surface area contributed by atoms with Crippen molar-refractivity contribution in [1.82, 2.24) is 25.0 Å². The predicted molar refractivity (Wildman–Crippen MR) is 67.0 cm³/mol. The summed E-state index contributed by atoms with van der Waals surface area (Å²) in [6.45, 7) is -2.19. The van der Waals surface area contributed by atoms with Gasteiger partial charge in [0.2, 0.25) is 0 Å². The summed E-state index contributed by atoms with van der Waals surface area (Å²) < 4.78 is 37.5. The van der Waals surface area contributed by atoms with Gasteiger partial charge >= 0.3 is 6.18 Å². The van der Waals surface area contributed by atoms with E-state index in [0.717, 1.165) is 17.2 Å². The monoisotopic (exact) mass is 322 g/mol. The van der Waals surface area contributed by atoms with Crippen LogP contribution in [0.4, 0.5) is 19.0 Å². The molecule has 2 heterocycles. The number of hydrogen-bond acceptors (Lipinski definition) is 8. The lowest BCUT2D eigenvalue weighted by atomic mass is 10.3. The number of halogens is 3. The van der Waals surface area contributed by atoms with Crippen molar-refractivity contribution >= 4 is 17.0 Å². The number of aliphatic hydroxyl groups excluding tert-OH is 2. The van der Waals surface area contributed by atoms with Crippen LogP contribution in [0.1, 0.15) is 6.23 Å². The molecule has 0 fully saturated rings. The van der Waals surface area contributed by atoms with Crippen LogP contribution < -0.4 is 11.2 Å². The van der Waals surface area contributed by atoms with Crippen molar-refractivity contribution < 1.29 is 28.2 Å². The molecule has 0 aliphatic rings. The third kappa shape index (κ3) is 3.59. The van der Waals surface area contributed by atoms with Crippen molar-refractivity contribution in [1.29, 1.82) is 0 Å². The highest BCUT2D eigenvalue weighted by atomic mass is 19.4. The van der Waals surface area contributed by atoms with E-state index in [-0.39, 0.29) is 17.0 Å². The van der Waals surface area contributed by atoms with Crippen LogP contribution in [-0.2, 0) is 4.84 Å². The van der Waals surface area contributed by atoms with Crippen LogP contribution in [0, 0.1) is 0 Å². The molecule has 12 heteroatoms. The Morgan fingerprint density at radius 3 is 2.73 bits per heavy atom. The minimum Gasteiger partial charge on any atom is -0.393 e. The summed E-state index contributed by atoms with van der Waals surface area (Å²) in [7, 11) is 0. The summed E-state index contributed by atoms with van der Waals surface area (Å²) in [6, 6.07) is 0. The Bertz CT molecular complexity index is 634. The van der Waals surface area contributed by atoms with Crippen LogP contribution in [0.5, 0.6) is 0 Å². The third-order valence-corrected chi connectivity index (χ3v) is 2.65. The Balaban J connectivity index is 2.26. The molecular formula is C10H13F3N6O3. The molecule has 0 amide bonds. The lowest BCUT2D eigenvalue weighted by Gasteiger charge is -2.23. The fraction of sp³-hybridized carbons (Fsp3) is 0.500. The number of fused-ring (bicyclic) bond motifs is 1. The second-order valence-corrected chi connectivity index (χ2v) is 4.28. The van der Waals surface area contributed by atoms with Gasteiger partial charge < -0.3 is 15.9 Å². The molecule has 9 nitrogen and oxygen atoms in total. The second-order valence-electron chi connectivity index (χ2n) is 4.28. The zero-order chi connectivity index (χ0) is 16.3. The van der Waals surface area contributed by atoms with Crippen molar-refractivity contribution in [3.8, 4) is 0 Å². The number of hydroxylamine groups is 1. The van der Waals surface area contributed by atoms with Gasteiger partial charge in [-0.25, -0.2) is 15.0 Å². The molecule has 122 valence electrons. The number of aliphatic hydroxyl groups is 2. The smallest absolute Gasteiger partial charge is 0.393 e. The van der Waals surface area contributed by atoms with E-state index in [0.29, 0.717) is 0 Å². The Hall–Kier alpha value is -2.02. The van der Waals surface area contributed by atoms with Gasteiger partial charge in [-0.2, -0.15) is 18.7 Å². The Morgan fingerprint density at radius 1 is 1.36 bits per heavy atom. The molecule has 0 aliphatic heterocycles. The first-order valence-corrected chi connectivity index (χ1v) is 6.00. The van der Waals surface area contributed by atoms with E-state index in [4.69, 9.17) is 15.7 Å². The molecule has 2 aromatic rings. The molecule has 0 aromatic carbocycles. The first kappa shape index (κ1) is 16.4. The fourth-order valence-electron chi connectivity index (χ4n) is 1.68. The van der Waals surface area contributed by atoms with Crippen LogP contribution in [0.25, 0.3) is 11.2 Å². The van der Waals surface area contributed by atoms with Crippen LogP contribution in [-0.4, -0.2) is 55.2 Å². The predicted octanol–water partition coefficient (Wildman–Crippen LogP) is -0.656. The van der Waals surface area contributed by atoms with Gasteiger partial charge in [0.05, 0.1) is 12.9 Å². The molecule has 1 unspecified atom stereocenters. The van der Waals surface area contributed by atoms with Crippen molar-refractivity contribution in [2.75, 3.05) is 18.9 Å². The number of nitrogen functional groups attached to an aromatic ring is 1. The van der Waals surface area contributed by atoms with Gasteiger partial charge in [-0.1, -0.05) is 0 Å². The van der Waals surface area contributed by atoms with E-state index in [1.807, 2.05) is 0 Å². The van der Waals surface area contributed by atoms with Gasteiger partial charge in [0.15, 0.2) is 17.7 Å². The highest BCUT2D eigenvalue weighted by Gasteiger charge is 2.30. The molecular weight excluding hydrogens is 309 g/mol. The molecule has 22 heavy (non-hydrogen) atoms. The average molecular weight is 322 g/mol. The molecule has 2 rings (SSSR count). The largest absolute Gasteiger partial charge is 0.403 e. The maximum Gasteiger partial charge on any atom is 0.403 e. The topological polar surface area (TPSA) is 131 Å². The van der Waals surface area contributed by atoms with Crippen molar-refractivity contribution in [2.45, 2.75) is 18.5 Å². The lowest BCUT2D eigenvalue weighted by molar-refractivity contribution is -0.185. The minimum absolute atomic E-state index is 0.0595. The highest BCUT2D eigenvalue weighted by Crippen LogP contribution is 2.22. The maximum absolute atomic E-state index is 12.1. The maximum atomic E-state index is 12.1. The summed E-state index contributed by atoms with van der Waals surface area (Å²) in [5, 5.41) is 18.7. The van der Waals surface area contributed by atoms with Gasteiger partial charge in [-0.3, -0.25) is 9.40 Å². The molecule has 2 aromatic heterocycles. The van der Waals surface area contributed by atoms with E-state index in [1.54, 1.807) is 5.48 Å². The third-order valence-electron chi connectivity index (χ3n) is 2.65. The summed E-state index contributed by atoms with van der Waals surface area (Å²) in [5.74, 6) is 0.0595. The Morgan fingerprint density at radius 2 is 2.09 bits per heavy atom. The van der Waals surface area contributed by atoms with E-state index in [1.165, 1.54) is 0 Å². The molecule has 5 N–H and O–H groups in total. The van der Waals surface area contributed by atoms with E-state index < -0.39 is 31.7 Å². The standard InChI is InChI=1S/C10H13F3N6O3/c11-10(12,13)2-18-22-9(5(21)1-20)19-4-17-6-7(14)15-3-16-8(6)19/h3-5,9,18,20-21H,1-2H2,(H2,14,15,16)/t5?,9-/m1/s1. The number of nitrogens with two attached hydrogens (primary N) is 1. The molecule has 0 bridgehead atoms. The van der Waals surface area contributed by atoms with E-state index in [2.05, 4.69) is 15.0 Å². The summed E-state index contributed by atoms with van der Waals surface area (Å²) in [4.78, 5) is 16.3. The molecule has 0 spiro atoms. The molecule has 0 saturated heterocycles. The first-order valence-electron chi connectivity index (χ1n) is 6.00. The van der Waals surface area contributed by atoms with E-state index >= 15 is 0 Å². The van der Waals surface area contributed by atoms with Gasteiger partial charge in [-0.05, 0) is 0 Å². The van der Waals surface area contributed by atoms with Crippen LogP contribution in [0.2, 0.25) is 0 Å². The normalized spacial score (nSPS) is 15.1. The number of aromatic nitrogens is 4. The number of nitrogens with one attached hydrogen (secondary N) is 1. The van der Waals surface area contributed by atoms with Gasteiger partial charge in [0.1, 0.15) is 24.5 Å². The minimum atomic E-state index is -4.50. The van der Waals surface area contributed by atoms with Gasteiger partial charge in [0, 0.05) is 0 Å². The van der Waals surface area contributed by atoms with Gasteiger partial charge in [-0.15, -0.1) is 0 Å². The number of imidazole rings is 1. The highest BCUT2D eigenvalue weighted by molar-refractivity contribution is 5.81. The number of anilines is 1. The number of rotatable bonds is 6. The lowest BCUT2D eigenvalue weighted by Crippen LogP contribution is -2.37. The summed E-state index contributed by atoms with van der Waals surface area (Å²) >= 11 is 0. The summed E-state index contributed by atoms with van der Waals surface area (Å²) in [6.07, 6.45) is -5.13. The number of hydrogen-bond donors (Lipinski definition) is 4. The molecule has 0 aliphatic carbocycles. The summed E-state index contributed by atoms with van der Waals surface area (Å²) in [5.41, 5.74) is 7.61. The van der Waals surface area contributed by atoms with Crippen LogP contribution in [0.3, 0.4) is 0 Å². The zero-order valence-electron chi connectivity index (χ0n) is 11.0. The SMILES string of the molecule is Nc1ncnc2c1ncn2[C@H](ONCC(F)(F)F)C(O)CO. The van der Waals surface area contributed by atoms with Crippen molar-refractivity contribution in [2.24, 2.45) is 0 Å². The first-order chi connectivity index (χ1) is 10.3. The molecule has 0 saturated carbocycles. The second kappa shape index (κ2) is 6.39. The fourth-order valence-corrected chi connectivity index (χ4v) is 1.68. The molecule has 0 radical (unpaired) electrons. The van der Waals surface area contributed by atoms with Crippen molar-refractivity contribution in [3.05, 3.63) is 12.7 Å². The van der Waals surface area contributed by atoms with Gasteiger partial charge in [0.25, 0.3) is 0 Å².